The number of nitrogens with one attached hydrogen (secondary N) is 2. The summed E-state index contributed by atoms with van der Waals surface area (Å²) < 4.78 is 69.0. The van der Waals surface area contributed by atoms with Crippen molar-refractivity contribution in [2.75, 3.05) is 11.9 Å². The third-order valence-corrected chi connectivity index (χ3v) is 7.48. The van der Waals surface area contributed by atoms with Crippen molar-refractivity contribution in [2.24, 2.45) is 11.1 Å². The molecule has 0 aliphatic heterocycles. The van der Waals surface area contributed by atoms with E-state index in [0.29, 0.717) is 25.7 Å². The monoisotopic (exact) mass is 639 g/mol. The van der Waals surface area contributed by atoms with Crippen LogP contribution in [0, 0.1) is 11.2 Å². The van der Waals surface area contributed by atoms with Gasteiger partial charge in [0, 0.05) is 12.5 Å². The van der Waals surface area contributed by atoms with Crippen LogP contribution < -0.4 is 16.4 Å². The number of nitrogens with zero attached hydrogens (tertiary/aromatic N) is 2. The molecule has 45 heavy (non-hydrogen) atoms. The second-order valence-corrected chi connectivity index (χ2v) is 13.2. The number of nitrogens with two attached hydrogens (primary N) is 1. The summed E-state index contributed by atoms with van der Waals surface area (Å²) in [7, 11) is 0. The molecular formula is C30H37F4N5O6. The van der Waals surface area contributed by atoms with E-state index in [-0.39, 0.29) is 29.9 Å². The van der Waals surface area contributed by atoms with Gasteiger partial charge in [0.25, 0.3) is 5.91 Å². The summed E-state index contributed by atoms with van der Waals surface area (Å²) in [6.45, 7) is 7.98. The fourth-order valence-corrected chi connectivity index (χ4v) is 5.71. The van der Waals surface area contributed by atoms with Crippen molar-refractivity contribution in [3.63, 3.8) is 0 Å². The summed E-state index contributed by atoms with van der Waals surface area (Å²) in [6.07, 6.45) is -4.37. The van der Waals surface area contributed by atoms with E-state index in [1.807, 2.05) is 0 Å². The van der Waals surface area contributed by atoms with Gasteiger partial charge in [0.15, 0.2) is 11.5 Å². The first-order chi connectivity index (χ1) is 20.8. The minimum absolute atomic E-state index is 0.0253. The first-order valence-corrected chi connectivity index (χ1v) is 14.5. The summed E-state index contributed by atoms with van der Waals surface area (Å²) in [6, 6.07) is 1.43. The SMILES string of the molecule is CC1(C)CC(=O)c2c(C(F)(F)F)nn(-c3cc(F)c(C(N)=O)c(NC4CCCCC4OC(=O)CNC(=O)OC(C)(C)C)c3)c2C1. The van der Waals surface area contributed by atoms with Crippen LogP contribution in [0.3, 0.4) is 0 Å². The van der Waals surface area contributed by atoms with E-state index >= 15 is 4.39 Å². The number of carbonyl (C=O) groups is 4. The maximum absolute atomic E-state index is 15.5. The van der Waals surface area contributed by atoms with E-state index in [9.17, 15) is 32.3 Å². The number of benzene rings is 1. The third kappa shape index (κ3) is 7.92. The summed E-state index contributed by atoms with van der Waals surface area (Å²) in [5.74, 6) is -3.74. The number of rotatable bonds is 7. The average molecular weight is 640 g/mol. The second-order valence-electron chi connectivity index (χ2n) is 13.2. The Balaban J connectivity index is 1.66. The molecule has 11 nitrogen and oxygen atoms in total. The van der Waals surface area contributed by atoms with Crippen LogP contribution in [0.25, 0.3) is 5.69 Å². The zero-order valence-electron chi connectivity index (χ0n) is 25.7. The first kappa shape index (κ1) is 33.7. The van der Waals surface area contributed by atoms with Crippen LogP contribution in [-0.4, -0.2) is 57.8 Å². The second kappa shape index (κ2) is 12.3. The zero-order valence-corrected chi connectivity index (χ0v) is 25.7. The standard InChI is InChI=1S/C30H37F4N5O6/c1-28(2,3)45-27(43)36-14-22(41)44-21-9-7-6-8-17(21)37-18-11-15(10-16(31)23(18)26(35)42)39-19-12-29(4,5)13-20(40)24(19)25(38-39)30(32,33)34/h10-11,17,21,37H,6-9,12-14H2,1-5H3,(H2,35,42)(H,36,43). The van der Waals surface area contributed by atoms with E-state index in [0.717, 1.165) is 10.7 Å². The molecule has 1 saturated carbocycles. The fraction of sp³-hybridized carbons (Fsp3) is 0.567. The maximum Gasteiger partial charge on any atom is 0.435 e. The maximum atomic E-state index is 15.5. The summed E-state index contributed by atoms with van der Waals surface area (Å²) in [5.41, 5.74) is 1.22. The lowest BCUT2D eigenvalue weighted by Gasteiger charge is -2.33. The number of alkyl halides is 3. The lowest BCUT2D eigenvalue weighted by Crippen LogP contribution is -2.43. The number of primary amides is 1. The number of carbonyl (C=O) groups excluding carboxylic acids is 4. The highest BCUT2D eigenvalue weighted by molar-refractivity contribution is 6.01. The molecule has 0 radical (unpaired) electrons. The van der Waals surface area contributed by atoms with Crippen molar-refractivity contribution in [2.45, 2.75) is 97.1 Å². The Morgan fingerprint density at radius 2 is 1.78 bits per heavy atom. The molecule has 1 aromatic carbocycles. The number of amides is 2. The Morgan fingerprint density at radius 3 is 2.40 bits per heavy atom. The molecule has 4 rings (SSSR count). The number of anilines is 1. The van der Waals surface area contributed by atoms with E-state index in [4.69, 9.17) is 15.2 Å². The Kier molecular flexibility index (Phi) is 9.23. The molecule has 2 aliphatic carbocycles. The van der Waals surface area contributed by atoms with Crippen LogP contribution in [0.15, 0.2) is 12.1 Å². The lowest BCUT2D eigenvalue weighted by molar-refractivity contribution is -0.150. The van der Waals surface area contributed by atoms with Crippen LogP contribution in [-0.2, 0) is 26.9 Å². The molecule has 1 heterocycles. The van der Waals surface area contributed by atoms with Gasteiger partial charge in [-0.2, -0.15) is 18.3 Å². The molecule has 2 aliphatic rings. The van der Waals surface area contributed by atoms with Crippen LogP contribution in [0.1, 0.15) is 98.8 Å². The van der Waals surface area contributed by atoms with Crippen molar-refractivity contribution in [3.8, 4) is 5.69 Å². The number of esters is 1. The van der Waals surface area contributed by atoms with Crippen molar-refractivity contribution >= 4 is 29.4 Å². The molecule has 4 N–H and O–H groups in total. The predicted molar refractivity (Wildman–Crippen MR) is 153 cm³/mol. The smallest absolute Gasteiger partial charge is 0.435 e. The highest BCUT2D eigenvalue weighted by atomic mass is 19.4. The minimum Gasteiger partial charge on any atom is -0.459 e. The number of aromatic nitrogens is 2. The number of fused-ring (bicyclic) bond motifs is 1. The molecule has 2 aromatic rings. The topological polar surface area (TPSA) is 155 Å². The Labute approximate surface area is 257 Å². The number of halogens is 4. The Morgan fingerprint density at radius 1 is 1.11 bits per heavy atom. The van der Waals surface area contributed by atoms with Crippen molar-refractivity contribution < 1.29 is 46.2 Å². The number of ether oxygens (including phenoxy) is 2. The van der Waals surface area contributed by atoms with Crippen LogP contribution >= 0.6 is 0 Å². The van der Waals surface area contributed by atoms with Crippen molar-refractivity contribution in [1.82, 2.24) is 15.1 Å². The van der Waals surface area contributed by atoms with Crippen molar-refractivity contribution in [3.05, 3.63) is 40.5 Å². The van der Waals surface area contributed by atoms with Gasteiger partial charge in [-0.25, -0.2) is 13.9 Å². The largest absolute Gasteiger partial charge is 0.459 e. The van der Waals surface area contributed by atoms with Gasteiger partial charge >= 0.3 is 18.2 Å². The van der Waals surface area contributed by atoms with E-state index in [2.05, 4.69) is 15.7 Å². The highest BCUT2D eigenvalue weighted by Crippen LogP contribution is 2.42. The number of ketones is 1. The van der Waals surface area contributed by atoms with Gasteiger partial charge in [0.2, 0.25) is 0 Å². The minimum atomic E-state index is -4.95. The first-order valence-electron chi connectivity index (χ1n) is 14.5. The molecule has 1 aromatic heterocycles. The summed E-state index contributed by atoms with van der Waals surface area (Å²) in [5, 5.41) is 9.04. The Bertz CT molecular complexity index is 1510. The molecule has 246 valence electrons. The summed E-state index contributed by atoms with van der Waals surface area (Å²) >= 11 is 0. The van der Waals surface area contributed by atoms with Crippen LogP contribution in [0.2, 0.25) is 0 Å². The van der Waals surface area contributed by atoms with Gasteiger partial charge in [-0.1, -0.05) is 20.3 Å². The third-order valence-electron chi connectivity index (χ3n) is 7.48. The molecule has 2 amide bonds. The van der Waals surface area contributed by atoms with Crippen LogP contribution in [0.5, 0.6) is 0 Å². The van der Waals surface area contributed by atoms with Gasteiger partial charge in [-0.15, -0.1) is 0 Å². The zero-order chi connectivity index (χ0) is 33.5. The summed E-state index contributed by atoms with van der Waals surface area (Å²) in [4.78, 5) is 49.7. The number of hydrogen-bond donors (Lipinski definition) is 3. The van der Waals surface area contributed by atoms with Gasteiger partial charge in [-0.3, -0.25) is 14.4 Å². The molecule has 0 spiro atoms. The predicted octanol–water partition coefficient (Wildman–Crippen LogP) is 5.08. The number of Topliss-reactive ketones (excluding diaryl/α,β-unsaturated/α-hetero) is 1. The van der Waals surface area contributed by atoms with E-state index < -0.39 is 82.3 Å². The highest BCUT2D eigenvalue weighted by Gasteiger charge is 2.45. The molecule has 2 unspecified atom stereocenters. The number of alkyl carbamates (subject to hydrolysis) is 1. The molecular weight excluding hydrogens is 602 g/mol. The van der Waals surface area contributed by atoms with E-state index in [1.165, 1.54) is 6.07 Å². The molecule has 2 atom stereocenters. The van der Waals surface area contributed by atoms with Gasteiger partial charge in [0.1, 0.15) is 24.1 Å². The van der Waals surface area contributed by atoms with Gasteiger partial charge < -0.3 is 25.8 Å². The molecule has 0 saturated heterocycles. The van der Waals surface area contributed by atoms with Gasteiger partial charge in [0.05, 0.1) is 34.2 Å². The quantitative estimate of drug-likeness (QED) is 0.280. The molecule has 1 fully saturated rings. The fourth-order valence-electron chi connectivity index (χ4n) is 5.71. The van der Waals surface area contributed by atoms with Gasteiger partial charge in [-0.05, 0) is 57.9 Å². The Hall–Kier alpha value is -4.17. The average Bonchev–Trinajstić information content (AvgIpc) is 3.26. The molecule has 0 bridgehead atoms. The number of hydrogen-bond acceptors (Lipinski definition) is 8. The van der Waals surface area contributed by atoms with Crippen molar-refractivity contribution in [1.29, 1.82) is 0 Å². The molecule has 15 heteroatoms. The lowest BCUT2D eigenvalue weighted by atomic mass is 9.75. The normalized spacial score (nSPS) is 19.8. The van der Waals surface area contributed by atoms with Crippen LogP contribution in [0.4, 0.5) is 28.0 Å². The van der Waals surface area contributed by atoms with E-state index in [1.54, 1.807) is 34.6 Å².